The third-order valence-corrected chi connectivity index (χ3v) is 2.87. The molecule has 0 aliphatic rings. The summed E-state index contributed by atoms with van der Waals surface area (Å²) in [5.41, 5.74) is 7.26. The summed E-state index contributed by atoms with van der Waals surface area (Å²) in [5, 5.41) is 0. The molecular weight excluding hydrogens is 205 g/mol. The molecule has 0 bridgehead atoms. The van der Waals surface area contributed by atoms with E-state index in [1.54, 1.807) is 6.07 Å². The van der Waals surface area contributed by atoms with Gasteiger partial charge in [-0.2, -0.15) is 0 Å². The van der Waals surface area contributed by atoms with Crippen LogP contribution in [0.1, 0.15) is 12.7 Å². The number of nitrogens with two attached hydrogens (primary N) is 1. The highest BCUT2D eigenvalue weighted by atomic mass is 19.1. The summed E-state index contributed by atoms with van der Waals surface area (Å²) in [6.45, 7) is 2.72. The first kappa shape index (κ1) is 11.1. The molecule has 0 fully saturated rings. The molecule has 2 N–H and O–H groups in total. The molecule has 0 radical (unpaired) electrons. The monoisotopic (exact) mass is 221 g/mol. The minimum absolute atomic E-state index is 0.246. The number of halogens is 1. The van der Waals surface area contributed by atoms with Crippen LogP contribution in [-0.2, 0) is 13.5 Å². The number of aromatic nitrogens is 2. The summed E-state index contributed by atoms with van der Waals surface area (Å²) < 4.78 is 15.0. The van der Waals surface area contributed by atoms with Gasteiger partial charge in [0.1, 0.15) is 11.6 Å². The van der Waals surface area contributed by atoms with E-state index in [-0.39, 0.29) is 5.82 Å². The predicted molar refractivity (Wildman–Crippen MR) is 62.6 cm³/mol. The topological polar surface area (TPSA) is 43.8 Å². The Hall–Kier alpha value is -1.42. The average molecular weight is 221 g/mol. The quantitative estimate of drug-likeness (QED) is 0.859. The van der Waals surface area contributed by atoms with Gasteiger partial charge in [0.15, 0.2) is 0 Å². The van der Waals surface area contributed by atoms with E-state index < -0.39 is 0 Å². The Bertz CT molecular complexity index is 504. The number of nitrogens with zero attached hydrogens (tertiary/aromatic N) is 2. The molecule has 1 atom stereocenters. The first-order valence-corrected chi connectivity index (χ1v) is 5.42. The van der Waals surface area contributed by atoms with Crippen LogP contribution in [0.15, 0.2) is 18.2 Å². The minimum Gasteiger partial charge on any atom is -0.331 e. The van der Waals surface area contributed by atoms with Crippen LogP contribution in [0.3, 0.4) is 0 Å². The molecule has 0 amide bonds. The van der Waals surface area contributed by atoms with Gasteiger partial charge < -0.3 is 10.3 Å². The predicted octanol–water partition coefficient (Wildman–Crippen LogP) is 1.85. The van der Waals surface area contributed by atoms with Crippen LogP contribution >= 0.6 is 0 Å². The van der Waals surface area contributed by atoms with Gasteiger partial charge in [-0.1, -0.05) is 6.92 Å². The molecule has 1 aromatic carbocycles. The van der Waals surface area contributed by atoms with E-state index in [1.165, 1.54) is 12.1 Å². The van der Waals surface area contributed by atoms with Crippen LogP contribution in [0.4, 0.5) is 4.39 Å². The lowest BCUT2D eigenvalue weighted by Crippen LogP contribution is -2.15. The van der Waals surface area contributed by atoms with E-state index in [9.17, 15) is 4.39 Å². The number of hydrogen-bond donors (Lipinski definition) is 1. The molecule has 0 aliphatic heterocycles. The number of benzene rings is 1. The zero-order valence-corrected chi connectivity index (χ0v) is 9.57. The highest BCUT2D eigenvalue weighted by Crippen LogP contribution is 2.17. The third-order valence-electron chi connectivity index (χ3n) is 2.87. The van der Waals surface area contributed by atoms with Crippen molar-refractivity contribution < 1.29 is 4.39 Å². The molecule has 3 nitrogen and oxygen atoms in total. The Kier molecular flexibility index (Phi) is 2.92. The summed E-state index contributed by atoms with van der Waals surface area (Å²) in [7, 11) is 1.95. The first-order chi connectivity index (χ1) is 7.61. The van der Waals surface area contributed by atoms with E-state index in [0.717, 1.165) is 17.8 Å². The molecular formula is C12H16FN3. The maximum Gasteiger partial charge on any atom is 0.125 e. The molecule has 0 spiro atoms. The molecule has 2 rings (SSSR count). The summed E-state index contributed by atoms with van der Waals surface area (Å²) >= 11 is 0. The first-order valence-electron chi connectivity index (χ1n) is 5.42. The van der Waals surface area contributed by atoms with Gasteiger partial charge in [-0.15, -0.1) is 0 Å². The molecule has 16 heavy (non-hydrogen) atoms. The normalized spacial score (nSPS) is 13.2. The van der Waals surface area contributed by atoms with Crippen LogP contribution in [0.5, 0.6) is 0 Å². The van der Waals surface area contributed by atoms with E-state index >= 15 is 0 Å². The summed E-state index contributed by atoms with van der Waals surface area (Å²) in [4.78, 5) is 4.43. The average Bonchev–Trinajstić information content (AvgIpc) is 2.55. The van der Waals surface area contributed by atoms with Gasteiger partial charge in [-0.25, -0.2) is 9.37 Å². The van der Waals surface area contributed by atoms with Crippen molar-refractivity contribution in [3.63, 3.8) is 0 Å². The van der Waals surface area contributed by atoms with Gasteiger partial charge >= 0.3 is 0 Å². The fourth-order valence-corrected chi connectivity index (χ4v) is 1.80. The van der Waals surface area contributed by atoms with Gasteiger partial charge in [-0.05, 0) is 24.6 Å². The van der Waals surface area contributed by atoms with Crippen LogP contribution in [0, 0.1) is 11.7 Å². The van der Waals surface area contributed by atoms with Crippen molar-refractivity contribution in [2.24, 2.45) is 18.7 Å². The number of rotatable bonds is 3. The van der Waals surface area contributed by atoms with Crippen molar-refractivity contribution in [2.75, 3.05) is 6.54 Å². The molecule has 2 aromatic rings. The number of hydrogen-bond acceptors (Lipinski definition) is 2. The lowest BCUT2D eigenvalue weighted by molar-refractivity contribution is 0.563. The van der Waals surface area contributed by atoms with Crippen molar-refractivity contribution in [3.05, 3.63) is 29.8 Å². The number of fused-ring (bicyclic) bond motifs is 1. The Labute approximate surface area is 94.1 Å². The van der Waals surface area contributed by atoms with Gasteiger partial charge in [0.25, 0.3) is 0 Å². The molecule has 86 valence electrons. The third kappa shape index (κ3) is 1.93. The summed E-state index contributed by atoms with van der Waals surface area (Å²) in [6.07, 6.45) is 0.823. The molecule has 0 saturated carbocycles. The van der Waals surface area contributed by atoms with Crippen LogP contribution in [0.25, 0.3) is 11.0 Å². The largest absolute Gasteiger partial charge is 0.331 e. The fraction of sp³-hybridized carbons (Fsp3) is 0.417. The Morgan fingerprint density at radius 2 is 2.25 bits per heavy atom. The van der Waals surface area contributed by atoms with Crippen molar-refractivity contribution in [2.45, 2.75) is 13.3 Å². The second kappa shape index (κ2) is 4.22. The van der Waals surface area contributed by atoms with Crippen LogP contribution in [0.2, 0.25) is 0 Å². The lowest BCUT2D eigenvalue weighted by atomic mass is 10.1. The molecule has 1 unspecified atom stereocenters. The second-order valence-corrected chi connectivity index (χ2v) is 4.27. The van der Waals surface area contributed by atoms with Crippen molar-refractivity contribution >= 4 is 11.0 Å². The second-order valence-electron chi connectivity index (χ2n) is 4.27. The van der Waals surface area contributed by atoms with Crippen molar-refractivity contribution in [1.82, 2.24) is 9.55 Å². The van der Waals surface area contributed by atoms with Crippen LogP contribution in [-0.4, -0.2) is 16.1 Å². The van der Waals surface area contributed by atoms with Gasteiger partial charge in [0, 0.05) is 19.5 Å². The standard InChI is InChI=1S/C12H16FN3/c1-8(7-14)5-12-15-10-6-9(13)3-4-11(10)16(12)2/h3-4,6,8H,5,7,14H2,1-2H3. The van der Waals surface area contributed by atoms with E-state index in [1.807, 2.05) is 11.6 Å². The summed E-state index contributed by atoms with van der Waals surface area (Å²) in [5.74, 6) is 1.10. The zero-order chi connectivity index (χ0) is 11.7. The Morgan fingerprint density at radius 3 is 2.94 bits per heavy atom. The number of aryl methyl sites for hydroxylation is 1. The Morgan fingerprint density at radius 1 is 1.50 bits per heavy atom. The van der Waals surface area contributed by atoms with E-state index in [2.05, 4.69) is 11.9 Å². The smallest absolute Gasteiger partial charge is 0.125 e. The SMILES string of the molecule is CC(CN)Cc1nc2cc(F)ccc2n1C. The molecule has 1 aromatic heterocycles. The molecule has 0 aliphatic carbocycles. The van der Waals surface area contributed by atoms with Crippen molar-refractivity contribution in [1.29, 1.82) is 0 Å². The lowest BCUT2D eigenvalue weighted by Gasteiger charge is -2.07. The fourth-order valence-electron chi connectivity index (χ4n) is 1.80. The van der Waals surface area contributed by atoms with E-state index in [4.69, 9.17) is 5.73 Å². The molecule has 4 heteroatoms. The highest BCUT2D eigenvalue weighted by Gasteiger charge is 2.10. The van der Waals surface area contributed by atoms with Crippen LogP contribution < -0.4 is 5.73 Å². The maximum absolute atomic E-state index is 13.0. The highest BCUT2D eigenvalue weighted by molar-refractivity contribution is 5.75. The van der Waals surface area contributed by atoms with Gasteiger partial charge in [-0.3, -0.25) is 0 Å². The maximum atomic E-state index is 13.0. The summed E-state index contributed by atoms with van der Waals surface area (Å²) in [6, 6.07) is 4.68. The van der Waals surface area contributed by atoms with Gasteiger partial charge in [0.2, 0.25) is 0 Å². The van der Waals surface area contributed by atoms with E-state index in [0.29, 0.717) is 18.0 Å². The number of imidazole rings is 1. The minimum atomic E-state index is -0.246. The van der Waals surface area contributed by atoms with Crippen molar-refractivity contribution in [3.8, 4) is 0 Å². The zero-order valence-electron chi connectivity index (χ0n) is 9.57. The Balaban J connectivity index is 2.43. The van der Waals surface area contributed by atoms with Gasteiger partial charge in [0.05, 0.1) is 11.0 Å². The molecule has 0 saturated heterocycles. The molecule has 1 heterocycles.